The molecule has 1 unspecified atom stereocenters. The van der Waals surface area contributed by atoms with Gasteiger partial charge in [-0.15, -0.1) is 11.3 Å². The third kappa shape index (κ3) is 2.20. The Hall–Kier alpha value is -1.23. The molecule has 0 spiro atoms. The Kier molecular flexibility index (Phi) is 3.39. The second-order valence-electron chi connectivity index (χ2n) is 4.54. The van der Waals surface area contributed by atoms with E-state index in [2.05, 4.69) is 16.8 Å². The summed E-state index contributed by atoms with van der Waals surface area (Å²) in [6.07, 6.45) is 0. The van der Waals surface area contributed by atoms with Gasteiger partial charge in [0.25, 0.3) is 0 Å². The highest BCUT2D eigenvalue weighted by Crippen LogP contribution is 2.40. The Morgan fingerprint density at radius 1 is 1.47 bits per heavy atom. The fraction of sp³-hybridized carbons (Fsp3) is 0.286. The van der Waals surface area contributed by atoms with E-state index in [9.17, 15) is 5.11 Å². The number of rotatable bonds is 2. The lowest BCUT2D eigenvalue weighted by molar-refractivity contribution is 0.373. The van der Waals surface area contributed by atoms with E-state index in [-0.39, 0.29) is 11.7 Å². The molecule has 1 atom stereocenters. The van der Waals surface area contributed by atoms with Crippen molar-refractivity contribution < 1.29 is 9.84 Å². The van der Waals surface area contributed by atoms with Gasteiger partial charge in [0, 0.05) is 23.9 Å². The van der Waals surface area contributed by atoms with Crippen LogP contribution in [0.15, 0.2) is 23.6 Å². The summed E-state index contributed by atoms with van der Waals surface area (Å²) in [5, 5.41) is 15.9. The predicted octanol–water partition coefficient (Wildman–Crippen LogP) is 3.35. The van der Waals surface area contributed by atoms with E-state index in [1.54, 1.807) is 17.4 Å². The Bertz CT molecular complexity index is 588. The minimum absolute atomic E-state index is 0.0901. The van der Waals surface area contributed by atoms with Crippen molar-refractivity contribution in [1.82, 2.24) is 5.32 Å². The molecule has 3 rings (SSSR count). The van der Waals surface area contributed by atoms with Crippen LogP contribution < -0.4 is 10.1 Å². The third-order valence-electron chi connectivity index (χ3n) is 3.44. The summed E-state index contributed by atoms with van der Waals surface area (Å²) in [5.41, 5.74) is 2.33. The smallest absolute Gasteiger partial charge is 0.179 e. The average Bonchev–Trinajstić information content (AvgIpc) is 2.86. The first-order valence-electron chi connectivity index (χ1n) is 6.04. The fourth-order valence-electron chi connectivity index (χ4n) is 2.54. The number of benzene rings is 1. The number of ether oxygens (including phenoxy) is 1. The zero-order valence-electron chi connectivity index (χ0n) is 10.4. The van der Waals surface area contributed by atoms with E-state index < -0.39 is 0 Å². The maximum absolute atomic E-state index is 9.97. The number of phenolic OH excluding ortho intramolecular Hbond substituents is 1. The molecule has 1 aromatic carbocycles. The van der Waals surface area contributed by atoms with Crippen LogP contribution in [-0.4, -0.2) is 18.8 Å². The highest BCUT2D eigenvalue weighted by atomic mass is 35.5. The Morgan fingerprint density at radius 2 is 2.32 bits per heavy atom. The van der Waals surface area contributed by atoms with E-state index >= 15 is 0 Å². The summed E-state index contributed by atoms with van der Waals surface area (Å²) >= 11 is 7.91. The molecule has 0 amide bonds. The van der Waals surface area contributed by atoms with Crippen LogP contribution in [-0.2, 0) is 6.54 Å². The van der Waals surface area contributed by atoms with Gasteiger partial charge in [0.1, 0.15) is 0 Å². The lowest BCUT2D eigenvalue weighted by atomic mass is 9.89. The van der Waals surface area contributed by atoms with Gasteiger partial charge in [0.2, 0.25) is 0 Å². The zero-order chi connectivity index (χ0) is 13.4. The van der Waals surface area contributed by atoms with Crippen molar-refractivity contribution in [2.75, 3.05) is 13.7 Å². The molecule has 100 valence electrons. The minimum Gasteiger partial charge on any atom is -0.504 e. The van der Waals surface area contributed by atoms with Gasteiger partial charge in [0.05, 0.1) is 12.1 Å². The molecular formula is C14H14ClNO2S. The Balaban J connectivity index is 2.05. The second kappa shape index (κ2) is 5.04. The number of halogens is 1. The first-order valence-corrected chi connectivity index (χ1v) is 7.30. The summed E-state index contributed by atoms with van der Waals surface area (Å²) in [5.74, 6) is 0.649. The standard InChI is InChI=1S/C14H14ClNO2S/c1-18-14-11(15)4-8(5-12(14)17)10-6-16-7-13-9(10)2-3-19-13/h2-5,10,16-17H,6-7H2,1H3. The maximum Gasteiger partial charge on any atom is 0.179 e. The number of hydrogen-bond donors (Lipinski definition) is 2. The summed E-state index contributed by atoms with van der Waals surface area (Å²) in [7, 11) is 1.50. The van der Waals surface area contributed by atoms with Crippen molar-refractivity contribution in [3.05, 3.63) is 44.6 Å². The van der Waals surface area contributed by atoms with Crippen LogP contribution in [0.3, 0.4) is 0 Å². The van der Waals surface area contributed by atoms with Crippen LogP contribution in [0.5, 0.6) is 11.5 Å². The Morgan fingerprint density at radius 3 is 3.05 bits per heavy atom. The van der Waals surface area contributed by atoms with Crippen molar-refractivity contribution in [3.8, 4) is 11.5 Å². The predicted molar refractivity (Wildman–Crippen MR) is 77.5 cm³/mol. The molecule has 1 aromatic heterocycles. The number of phenols is 1. The SMILES string of the molecule is COc1c(O)cc(C2CNCc3sccc32)cc1Cl. The molecule has 0 saturated carbocycles. The zero-order valence-corrected chi connectivity index (χ0v) is 12.0. The summed E-state index contributed by atoms with van der Waals surface area (Å²) in [6, 6.07) is 5.77. The molecule has 1 aliphatic heterocycles. The third-order valence-corrected chi connectivity index (χ3v) is 4.66. The fourth-order valence-corrected chi connectivity index (χ4v) is 3.76. The van der Waals surface area contributed by atoms with Gasteiger partial charge in [-0.3, -0.25) is 0 Å². The molecule has 0 fully saturated rings. The Labute approximate surface area is 120 Å². The van der Waals surface area contributed by atoms with Crippen LogP contribution in [0, 0.1) is 0 Å². The molecule has 2 aromatic rings. The van der Waals surface area contributed by atoms with Crippen molar-refractivity contribution >= 4 is 22.9 Å². The molecular weight excluding hydrogens is 282 g/mol. The number of nitrogens with one attached hydrogen (secondary N) is 1. The number of fused-ring (bicyclic) bond motifs is 1. The molecule has 0 aliphatic carbocycles. The number of thiophene rings is 1. The lowest BCUT2D eigenvalue weighted by Crippen LogP contribution is -2.27. The summed E-state index contributed by atoms with van der Waals surface area (Å²) in [6.45, 7) is 1.77. The summed E-state index contributed by atoms with van der Waals surface area (Å²) in [4.78, 5) is 1.35. The number of methoxy groups -OCH3 is 1. The van der Waals surface area contributed by atoms with Gasteiger partial charge < -0.3 is 15.2 Å². The van der Waals surface area contributed by atoms with Crippen molar-refractivity contribution in [2.24, 2.45) is 0 Å². The van der Waals surface area contributed by atoms with Gasteiger partial charge in [-0.1, -0.05) is 11.6 Å². The van der Waals surface area contributed by atoms with Gasteiger partial charge in [-0.2, -0.15) is 0 Å². The molecule has 2 N–H and O–H groups in total. The van der Waals surface area contributed by atoms with Crippen LogP contribution in [0.1, 0.15) is 21.9 Å². The highest BCUT2D eigenvalue weighted by molar-refractivity contribution is 7.10. The van der Waals surface area contributed by atoms with E-state index in [1.807, 2.05) is 6.07 Å². The maximum atomic E-state index is 9.97. The summed E-state index contributed by atoms with van der Waals surface area (Å²) < 4.78 is 5.08. The number of aromatic hydroxyl groups is 1. The normalized spacial score (nSPS) is 18.1. The molecule has 1 aliphatic rings. The largest absolute Gasteiger partial charge is 0.504 e. The van der Waals surface area contributed by atoms with Gasteiger partial charge in [0.15, 0.2) is 11.5 Å². The van der Waals surface area contributed by atoms with Gasteiger partial charge in [-0.05, 0) is 34.7 Å². The molecule has 0 saturated heterocycles. The van der Waals surface area contributed by atoms with E-state index in [0.717, 1.165) is 18.7 Å². The van der Waals surface area contributed by atoms with Gasteiger partial charge >= 0.3 is 0 Å². The molecule has 5 heteroatoms. The lowest BCUT2D eigenvalue weighted by Gasteiger charge is -2.24. The minimum atomic E-state index is 0.0901. The molecule has 19 heavy (non-hydrogen) atoms. The van der Waals surface area contributed by atoms with Crippen molar-refractivity contribution in [2.45, 2.75) is 12.5 Å². The van der Waals surface area contributed by atoms with Crippen molar-refractivity contribution in [1.29, 1.82) is 0 Å². The topological polar surface area (TPSA) is 41.5 Å². The molecule has 0 radical (unpaired) electrons. The number of hydrogen-bond acceptors (Lipinski definition) is 4. The second-order valence-corrected chi connectivity index (χ2v) is 5.95. The molecule has 3 nitrogen and oxygen atoms in total. The molecule has 0 bridgehead atoms. The van der Waals surface area contributed by atoms with E-state index in [4.69, 9.17) is 16.3 Å². The first-order chi connectivity index (χ1) is 9.20. The first kappa shape index (κ1) is 12.8. The van der Waals surface area contributed by atoms with Crippen LogP contribution in [0.25, 0.3) is 0 Å². The van der Waals surface area contributed by atoms with Crippen molar-refractivity contribution in [3.63, 3.8) is 0 Å². The van der Waals surface area contributed by atoms with Gasteiger partial charge in [-0.25, -0.2) is 0 Å². The highest BCUT2D eigenvalue weighted by Gasteiger charge is 2.24. The quantitative estimate of drug-likeness (QED) is 0.893. The monoisotopic (exact) mass is 295 g/mol. The van der Waals surface area contributed by atoms with Crippen LogP contribution in [0.4, 0.5) is 0 Å². The van der Waals surface area contributed by atoms with Crippen LogP contribution in [0.2, 0.25) is 5.02 Å². The molecule has 2 heterocycles. The van der Waals surface area contributed by atoms with Crippen LogP contribution >= 0.6 is 22.9 Å². The average molecular weight is 296 g/mol. The van der Waals surface area contributed by atoms with E-state index in [1.165, 1.54) is 17.6 Å². The van der Waals surface area contributed by atoms with E-state index in [0.29, 0.717) is 10.8 Å².